The highest BCUT2D eigenvalue weighted by Crippen LogP contribution is 2.24. The first-order valence-corrected chi connectivity index (χ1v) is 7.31. The molecule has 2 atom stereocenters. The van der Waals surface area contributed by atoms with Crippen molar-refractivity contribution < 1.29 is 4.21 Å². The molecule has 5 heteroatoms. The lowest BCUT2D eigenvalue weighted by atomic mass is 10.2. The monoisotopic (exact) mass is 300 g/mol. The number of benzene rings is 1. The SMILES string of the molecule is CC(CS(C)=O)Nc1cccc(Br)c1C#N. The fraction of sp³-hybridized carbons (Fsp3) is 0.364. The molecule has 16 heavy (non-hydrogen) atoms. The molecule has 0 aliphatic heterocycles. The van der Waals surface area contributed by atoms with Crippen LogP contribution in [0.2, 0.25) is 0 Å². The molecule has 3 nitrogen and oxygen atoms in total. The van der Waals surface area contributed by atoms with Crippen molar-refractivity contribution in [3.63, 3.8) is 0 Å². The second-order valence-electron chi connectivity index (χ2n) is 3.56. The number of halogens is 1. The third kappa shape index (κ3) is 3.62. The van der Waals surface area contributed by atoms with Crippen molar-refractivity contribution in [3.8, 4) is 6.07 Å². The van der Waals surface area contributed by atoms with Gasteiger partial charge in [-0.15, -0.1) is 0 Å². The van der Waals surface area contributed by atoms with E-state index in [4.69, 9.17) is 5.26 Å². The summed E-state index contributed by atoms with van der Waals surface area (Å²) in [5, 5.41) is 12.2. The van der Waals surface area contributed by atoms with E-state index >= 15 is 0 Å². The summed E-state index contributed by atoms with van der Waals surface area (Å²) < 4.78 is 11.8. The smallest absolute Gasteiger partial charge is 0.103 e. The molecule has 0 aromatic heterocycles. The lowest BCUT2D eigenvalue weighted by molar-refractivity contribution is 0.683. The summed E-state index contributed by atoms with van der Waals surface area (Å²) in [7, 11) is -0.840. The van der Waals surface area contributed by atoms with Gasteiger partial charge >= 0.3 is 0 Å². The molecular weight excluding hydrogens is 288 g/mol. The zero-order chi connectivity index (χ0) is 12.1. The van der Waals surface area contributed by atoms with E-state index in [1.807, 2.05) is 25.1 Å². The van der Waals surface area contributed by atoms with Crippen molar-refractivity contribution in [2.75, 3.05) is 17.3 Å². The molecule has 0 saturated heterocycles. The van der Waals surface area contributed by atoms with Crippen molar-refractivity contribution in [1.29, 1.82) is 5.26 Å². The summed E-state index contributed by atoms with van der Waals surface area (Å²) in [6.07, 6.45) is 1.67. The van der Waals surface area contributed by atoms with Gasteiger partial charge in [0.2, 0.25) is 0 Å². The third-order valence-corrected chi connectivity index (χ3v) is 3.64. The van der Waals surface area contributed by atoms with E-state index in [1.165, 1.54) is 0 Å². The minimum Gasteiger partial charge on any atom is -0.381 e. The first-order valence-electron chi connectivity index (χ1n) is 4.79. The zero-order valence-corrected chi connectivity index (χ0v) is 11.6. The molecule has 1 aromatic rings. The second kappa shape index (κ2) is 6.02. The van der Waals surface area contributed by atoms with E-state index < -0.39 is 10.8 Å². The average Bonchev–Trinajstić information content (AvgIpc) is 2.16. The Kier molecular flexibility index (Phi) is 4.97. The van der Waals surface area contributed by atoms with Gasteiger partial charge in [-0.25, -0.2) is 0 Å². The highest BCUT2D eigenvalue weighted by atomic mass is 79.9. The van der Waals surface area contributed by atoms with Crippen LogP contribution in [-0.2, 0) is 10.8 Å². The summed E-state index contributed by atoms with van der Waals surface area (Å²) in [5.74, 6) is 0.567. The molecule has 0 bridgehead atoms. The molecule has 0 aliphatic rings. The van der Waals surface area contributed by atoms with Crippen molar-refractivity contribution in [2.24, 2.45) is 0 Å². The average molecular weight is 301 g/mol. The molecule has 0 spiro atoms. The van der Waals surface area contributed by atoms with Crippen molar-refractivity contribution >= 4 is 32.4 Å². The predicted molar refractivity (Wildman–Crippen MR) is 70.9 cm³/mol. The normalized spacial score (nSPS) is 13.9. The van der Waals surface area contributed by atoms with Gasteiger partial charge < -0.3 is 5.32 Å². The number of anilines is 1. The Morgan fingerprint density at radius 3 is 2.88 bits per heavy atom. The molecule has 2 unspecified atom stereocenters. The fourth-order valence-electron chi connectivity index (χ4n) is 1.42. The van der Waals surface area contributed by atoms with Crippen LogP contribution in [0, 0.1) is 11.3 Å². The van der Waals surface area contributed by atoms with Gasteiger partial charge in [0.1, 0.15) is 6.07 Å². The van der Waals surface area contributed by atoms with Gasteiger partial charge in [0.25, 0.3) is 0 Å². The molecule has 1 aromatic carbocycles. The van der Waals surface area contributed by atoms with Gasteiger partial charge in [0.05, 0.1) is 11.3 Å². The van der Waals surface area contributed by atoms with Gasteiger partial charge in [0.15, 0.2) is 0 Å². The zero-order valence-electron chi connectivity index (χ0n) is 9.16. The predicted octanol–water partition coefficient (Wildman–Crippen LogP) is 2.50. The van der Waals surface area contributed by atoms with Crippen LogP contribution in [0.5, 0.6) is 0 Å². The molecule has 0 saturated carbocycles. The highest BCUT2D eigenvalue weighted by molar-refractivity contribution is 9.10. The Hall–Kier alpha value is -0.860. The summed E-state index contributed by atoms with van der Waals surface area (Å²) in [5.41, 5.74) is 1.35. The standard InChI is InChI=1S/C11H13BrN2OS/c1-8(7-16(2)15)14-11-5-3-4-10(12)9(11)6-13/h3-5,8,14H,7H2,1-2H3. The van der Waals surface area contributed by atoms with E-state index in [0.29, 0.717) is 11.3 Å². The lowest BCUT2D eigenvalue weighted by Gasteiger charge is -2.15. The van der Waals surface area contributed by atoms with Crippen LogP contribution in [0.3, 0.4) is 0 Å². The van der Waals surface area contributed by atoms with Gasteiger partial charge in [-0.2, -0.15) is 5.26 Å². The minimum atomic E-state index is -0.840. The maximum atomic E-state index is 11.1. The molecular formula is C11H13BrN2OS. The first-order chi connectivity index (χ1) is 7.54. The van der Waals surface area contributed by atoms with Gasteiger partial charge in [-0.05, 0) is 35.0 Å². The number of hydrogen-bond acceptors (Lipinski definition) is 3. The van der Waals surface area contributed by atoms with Crippen molar-refractivity contribution in [2.45, 2.75) is 13.0 Å². The number of nitriles is 1. The van der Waals surface area contributed by atoms with Crippen LogP contribution in [0.1, 0.15) is 12.5 Å². The lowest BCUT2D eigenvalue weighted by Crippen LogP contribution is -2.22. The first kappa shape index (κ1) is 13.2. The summed E-state index contributed by atoms with van der Waals surface area (Å²) in [6.45, 7) is 1.95. The summed E-state index contributed by atoms with van der Waals surface area (Å²) in [4.78, 5) is 0. The quantitative estimate of drug-likeness (QED) is 0.929. The Balaban J connectivity index is 2.85. The molecule has 1 N–H and O–H groups in total. The van der Waals surface area contributed by atoms with Crippen LogP contribution in [-0.4, -0.2) is 22.3 Å². The van der Waals surface area contributed by atoms with E-state index in [9.17, 15) is 4.21 Å². The van der Waals surface area contributed by atoms with E-state index in [2.05, 4.69) is 27.3 Å². The second-order valence-corrected chi connectivity index (χ2v) is 5.89. The third-order valence-electron chi connectivity index (χ3n) is 2.01. The van der Waals surface area contributed by atoms with E-state index in [-0.39, 0.29) is 6.04 Å². The van der Waals surface area contributed by atoms with Gasteiger partial charge in [-0.3, -0.25) is 4.21 Å². The van der Waals surface area contributed by atoms with Gasteiger partial charge in [-0.1, -0.05) is 6.07 Å². The molecule has 86 valence electrons. The minimum absolute atomic E-state index is 0.0761. The largest absolute Gasteiger partial charge is 0.381 e. The van der Waals surface area contributed by atoms with Crippen LogP contribution in [0.4, 0.5) is 5.69 Å². The Labute approximate surface area is 106 Å². The topological polar surface area (TPSA) is 52.9 Å². The maximum absolute atomic E-state index is 11.1. The maximum Gasteiger partial charge on any atom is 0.103 e. The number of nitrogens with zero attached hydrogens (tertiary/aromatic N) is 1. The Morgan fingerprint density at radius 1 is 1.62 bits per heavy atom. The number of hydrogen-bond donors (Lipinski definition) is 1. The summed E-state index contributed by atoms with van der Waals surface area (Å²) in [6, 6.07) is 7.75. The molecule has 0 fully saturated rings. The van der Waals surface area contributed by atoms with Gasteiger partial charge in [0, 0.05) is 33.3 Å². The summed E-state index contributed by atoms with van der Waals surface area (Å²) >= 11 is 3.33. The Bertz CT molecular complexity index is 442. The number of nitrogens with one attached hydrogen (secondary N) is 1. The van der Waals surface area contributed by atoms with Crippen LogP contribution in [0.25, 0.3) is 0 Å². The molecule has 0 radical (unpaired) electrons. The highest BCUT2D eigenvalue weighted by Gasteiger charge is 2.09. The van der Waals surface area contributed by atoms with Crippen LogP contribution < -0.4 is 5.32 Å². The Morgan fingerprint density at radius 2 is 2.31 bits per heavy atom. The fourth-order valence-corrected chi connectivity index (χ4v) is 2.66. The van der Waals surface area contributed by atoms with E-state index in [1.54, 1.807) is 6.26 Å². The molecule has 0 amide bonds. The molecule has 0 aliphatic carbocycles. The van der Waals surface area contributed by atoms with E-state index in [0.717, 1.165) is 10.2 Å². The van der Waals surface area contributed by atoms with Crippen molar-refractivity contribution in [3.05, 3.63) is 28.2 Å². The van der Waals surface area contributed by atoms with Crippen LogP contribution in [0.15, 0.2) is 22.7 Å². The number of rotatable bonds is 4. The van der Waals surface area contributed by atoms with Crippen LogP contribution >= 0.6 is 15.9 Å². The molecule has 1 rings (SSSR count). The van der Waals surface area contributed by atoms with Crippen molar-refractivity contribution in [1.82, 2.24) is 0 Å². The molecule has 0 heterocycles.